The third-order valence-corrected chi connectivity index (χ3v) is 2.04. The maximum absolute atomic E-state index is 5.74. The summed E-state index contributed by atoms with van der Waals surface area (Å²) < 4.78 is -1.32. The fourth-order valence-electron chi connectivity index (χ4n) is 0.528. The molecule has 0 rings (SSSR count). The zero-order chi connectivity index (χ0) is 9.07. The van der Waals surface area contributed by atoms with Crippen molar-refractivity contribution < 1.29 is 0 Å². The van der Waals surface area contributed by atoms with Gasteiger partial charge >= 0.3 is 0 Å². The third-order valence-electron chi connectivity index (χ3n) is 0.887. The molecule has 0 aliphatic heterocycles. The SMILES string of the molecule is ClC(Cl)CC(Cl)CC(Cl)(Cl)Cl. The normalized spacial score (nSPS) is 15.5. The molecule has 0 radical (unpaired) electrons. The lowest BCUT2D eigenvalue weighted by atomic mass is 10.2. The van der Waals surface area contributed by atoms with E-state index in [4.69, 9.17) is 69.6 Å². The zero-order valence-electron chi connectivity index (χ0n) is 5.34. The van der Waals surface area contributed by atoms with Crippen LogP contribution in [0.4, 0.5) is 0 Å². The Morgan fingerprint density at radius 3 is 1.73 bits per heavy atom. The van der Waals surface area contributed by atoms with Crippen molar-refractivity contribution in [1.29, 1.82) is 0 Å². The fraction of sp³-hybridized carbons (Fsp3) is 1.00. The molecular weight excluding hydrogens is 273 g/mol. The predicted octanol–water partition coefficient (Wildman–Crippen LogP) is 4.55. The van der Waals surface area contributed by atoms with E-state index in [0.29, 0.717) is 6.42 Å². The van der Waals surface area contributed by atoms with Crippen LogP contribution in [0.2, 0.25) is 0 Å². The van der Waals surface area contributed by atoms with Crippen LogP contribution in [0.3, 0.4) is 0 Å². The van der Waals surface area contributed by atoms with Crippen LogP contribution in [0.1, 0.15) is 12.8 Å². The molecule has 1 atom stereocenters. The predicted molar refractivity (Wildman–Crippen MR) is 54.7 cm³/mol. The van der Waals surface area contributed by atoms with Crippen LogP contribution in [0.25, 0.3) is 0 Å². The Labute approximate surface area is 96.0 Å². The topological polar surface area (TPSA) is 0 Å². The third kappa shape index (κ3) is 9.66. The zero-order valence-corrected chi connectivity index (χ0v) is 9.87. The van der Waals surface area contributed by atoms with Gasteiger partial charge in [-0.05, 0) is 6.42 Å². The van der Waals surface area contributed by atoms with Crippen molar-refractivity contribution in [3.8, 4) is 0 Å². The highest BCUT2D eigenvalue weighted by molar-refractivity contribution is 6.67. The van der Waals surface area contributed by atoms with Crippen LogP contribution in [0.5, 0.6) is 0 Å². The largest absolute Gasteiger partial charge is 0.192 e. The molecule has 0 spiro atoms. The molecule has 0 N–H and O–H groups in total. The van der Waals surface area contributed by atoms with E-state index in [0.717, 1.165) is 0 Å². The molecule has 0 nitrogen and oxygen atoms in total. The molecule has 0 aromatic rings. The Morgan fingerprint density at radius 2 is 1.45 bits per heavy atom. The highest BCUT2D eigenvalue weighted by Crippen LogP contribution is 2.34. The lowest BCUT2D eigenvalue weighted by Gasteiger charge is -2.15. The van der Waals surface area contributed by atoms with Crippen molar-refractivity contribution in [2.75, 3.05) is 0 Å². The second-order valence-electron chi connectivity index (χ2n) is 2.04. The number of hydrogen-bond acceptors (Lipinski definition) is 0. The van der Waals surface area contributed by atoms with Gasteiger partial charge in [0, 0.05) is 11.8 Å². The van der Waals surface area contributed by atoms with Gasteiger partial charge in [-0.1, -0.05) is 34.8 Å². The van der Waals surface area contributed by atoms with E-state index in [9.17, 15) is 0 Å². The summed E-state index contributed by atoms with van der Waals surface area (Å²) >= 11 is 33.1. The summed E-state index contributed by atoms with van der Waals surface area (Å²) in [4.78, 5) is -0.509. The van der Waals surface area contributed by atoms with Gasteiger partial charge in [0.1, 0.15) is 4.84 Å². The first-order valence-electron chi connectivity index (χ1n) is 2.80. The van der Waals surface area contributed by atoms with Gasteiger partial charge in [0.15, 0.2) is 3.79 Å². The van der Waals surface area contributed by atoms with E-state index in [1.54, 1.807) is 0 Å². The summed E-state index contributed by atoms with van der Waals surface area (Å²) in [5.74, 6) is 0. The molecule has 68 valence electrons. The molecule has 0 heterocycles. The highest BCUT2D eigenvalue weighted by atomic mass is 35.6. The molecule has 1 unspecified atom stereocenters. The summed E-state index contributed by atoms with van der Waals surface area (Å²) in [6, 6.07) is 0. The van der Waals surface area contributed by atoms with Crippen LogP contribution < -0.4 is 0 Å². The van der Waals surface area contributed by atoms with Crippen LogP contribution in [-0.2, 0) is 0 Å². The summed E-state index contributed by atoms with van der Waals surface area (Å²) in [7, 11) is 0. The monoisotopic (exact) mass is 276 g/mol. The first-order chi connectivity index (χ1) is 4.81. The Kier molecular flexibility index (Phi) is 6.33. The van der Waals surface area contributed by atoms with Crippen LogP contribution >= 0.6 is 69.6 Å². The Morgan fingerprint density at radius 1 is 1.00 bits per heavy atom. The van der Waals surface area contributed by atoms with Gasteiger partial charge in [-0.2, -0.15) is 0 Å². The quantitative estimate of drug-likeness (QED) is 0.665. The van der Waals surface area contributed by atoms with Crippen molar-refractivity contribution in [2.24, 2.45) is 0 Å². The average molecular weight is 279 g/mol. The molecule has 0 aliphatic carbocycles. The number of alkyl halides is 6. The maximum Gasteiger partial charge on any atom is 0.192 e. The summed E-state index contributed by atoms with van der Waals surface area (Å²) in [6.07, 6.45) is 0.660. The summed E-state index contributed by atoms with van der Waals surface area (Å²) in [5, 5.41) is -0.303. The standard InChI is InChI=1S/C5H6Cl6/c6-3(1-4(7)8)2-5(9,10)11/h3-4H,1-2H2. The molecular formula is C5H6Cl6. The van der Waals surface area contributed by atoms with E-state index >= 15 is 0 Å². The van der Waals surface area contributed by atoms with Crippen molar-refractivity contribution in [3.05, 3.63) is 0 Å². The minimum Gasteiger partial charge on any atom is -0.123 e. The van der Waals surface area contributed by atoms with Gasteiger partial charge in [0.05, 0.1) is 0 Å². The molecule has 0 aromatic carbocycles. The van der Waals surface area contributed by atoms with Gasteiger partial charge < -0.3 is 0 Å². The van der Waals surface area contributed by atoms with E-state index in [1.165, 1.54) is 0 Å². The lowest BCUT2D eigenvalue weighted by Crippen LogP contribution is -2.13. The molecule has 0 saturated heterocycles. The van der Waals surface area contributed by atoms with Crippen molar-refractivity contribution >= 4 is 69.6 Å². The summed E-state index contributed by atoms with van der Waals surface area (Å²) in [5.41, 5.74) is 0. The van der Waals surface area contributed by atoms with Gasteiger partial charge in [-0.3, -0.25) is 0 Å². The van der Waals surface area contributed by atoms with E-state index < -0.39 is 8.63 Å². The van der Waals surface area contributed by atoms with E-state index in [2.05, 4.69) is 0 Å². The number of hydrogen-bond donors (Lipinski definition) is 0. The van der Waals surface area contributed by atoms with Crippen LogP contribution in [0, 0.1) is 0 Å². The maximum atomic E-state index is 5.74. The fourth-order valence-corrected chi connectivity index (χ4v) is 2.35. The highest BCUT2D eigenvalue weighted by Gasteiger charge is 2.25. The smallest absolute Gasteiger partial charge is 0.123 e. The molecule has 0 amide bonds. The molecule has 0 fully saturated rings. The van der Waals surface area contributed by atoms with Crippen molar-refractivity contribution in [3.63, 3.8) is 0 Å². The van der Waals surface area contributed by atoms with Gasteiger partial charge in [-0.15, -0.1) is 34.8 Å². The van der Waals surface area contributed by atoms with Crippen molar-refractivity contribution in [1.82, 2.24) is 0 Å². The Hall–Kier alpha value is 1.74. The minimum atomic E-state index is -1.32. The molecule has 11 heavy (non-hydrogen) atoms. The first-order valence-corrected chi connectivity index (χ1v) is 5.24. The first kappa shape index (κ1) is 12.7. The van der Waals surface area contributed by atoms with Crippen molar-refractivity contribution in [2.45, 2.75) is 26.8 Å². The van der Waals surface area contributed by atoms with Crippen LogP contribution in [0.15, 0.2) is 0 Å². The second kappa shape index (κ2) is 5.47. The van der Waals surface area contributed by atoms with Crippen LogP contribution in [-0.4, -0.2) is 14.0 Å². The Bertz CT molecular complexity index is 106. The van der Waals surface area contributed by atoms with Gasteiger partial charge in [-0.25, -0.2) is 0 Å². The van der Waals surface area contributed by atoms with E-state index in [-0.39, 0.29) is 11.8 Å². The number of rotatable bonds is 3. The van der Waals surface area contributed by atoms with Gasteiger partial charge in [0.25, 0.3) is 0 Å². The minimum absolute atomic E-state index is 0.245. The second-order valence-corrected chi connectivity index (χ2v) is 6.45. The lowest BCUT2D eigenvalue weighted by molar-refractivity contribution is 0.731. The van der Waals surface area contributed by atoms with Gasteiger partial charge in [0.2, 0.25) is 0 Å². The molecule has 0 aliphatic rings. The average Bonchev–Trinajstić information content (AvgIpc) is 1.53. The molecule has 0 bridgehead atoms. The number of halogens is 6. The molecule has 0 saturated carbocycles. The summed E-state index contributed by atoms with van der Waals surface area (Å²) in [6.45, 7) is 0. The molecule has 0 aromatic heterocycles. The van der Waals surface area contributed by atoms with E-state index in [1.807, 2.05) is 0 Å². The molecule has 6 heteroatoms. The Balaban J connectivity index is 3.61.